The molecule has 0 aliphatic carbocycles. The van der Waals surface area contributed by atoms with E-state index < -0.39 is 0 Å². The fourth-order valence-electron chi connectivity index (χ4n) is 1.82. The van der Waals surface area contributed by atoms with Gasteiger partial charge in [-0.05, 0) is 12.1 Å². The number of thiazole rings is 1. The average Bonchev–Trinajstić information content (AvgIpc) is 2.91. The predicted molar refractivity (Wildman–Crippen MR) is 76.2 cm³/mol. The van der Waals surface area contributed by atoms with E-state index >= 15 is 0 Å². The summed E-state index contributed by atoms with van der Waals surface area (Å²) in [6.07, 6.45) is 1.92. The van der Waals surface area contributed by atoms with E-state index in [4.69, 9.17) is 0 Å². The van der Waals surface area contributed by atoms with Crippen molar-refractivity contribution in [3.63, 3.8) is 0 Å². The van der Waals surface area contributed by atoms with E-state index in [1.54, 1.807) is 6.20 Å². The zero-order chi connectivity index (χ0) is 13.1. The summed E-state index contributed by atoms with van der Waals surface area (Å²) in [6, 6.07) is 11.7. The molecule has 1 amide bonds. The van der Waals surface area contributed by atoms with Crippen LogP contribution in [0.15, 0.2) is 48.0 Å². The van der Waals surface area contributed by atoms with Crippen LogP contribution in [-0.2, 0) is 11.2 Å². The number of benzene rings is 1. The Hall–Kier alpha value is -2.27. The van der Waals surface area contributed by atoms with Crippen LogP contribution in [0.1, 0.15) is 5.69 Å². The number of fused-ring (bicyclic) bond motifs is 1. The lowest BCUT2D eigenvalue weighted by molar-refractivity contribution is -0.115. The van der Waals surface area contributed by atoms with Crippen LogP contribution in [0, 0.1) is 0 Å². The van der Waals surface area contributed by atoms with Gasteiger partial charge in [-0.25, -0.2) is 4.98 Å². The number of nitrogens with one attached hydrogen (secondary N) is 1. The van der Waals surface area contributed by atoms with Gasteiger partial charge in [0.25, 0.3) is 0 Å². The van der Waals surface area contributed by atoms with Crippen molar-refractivity contribution in [1.29, 1.82) is 0 Å². The van der Waals surface area contributed by atoms with Gasteiger partial charge in [0.1, 0.15) is 0 Å². The third-order valence-corrected chi connectivity index (χ3v) is 3.36. The lowest BCUT2D eigenvalue weighted by atomic mass is 10.2. The van der Waals surface area contributed by atoms with Crippen LogP contribution in [0.5, 0.6) is 0 Å². The number of anilines is 1. The molecule has 0 bridgehead atoms. The average molecular weight is 269 g/mol. The molecule has 0 aliphatic heterocycles. The van der Waals surface area contributed by atoms with Crippen molar-refractivity contribution in [2.45, 2.75) is 6.42 Å². The Kier molecular flexibility index (Phi) is 3.20. The third kappa shape index (κ3) is 2.77. The molecule has 0 unspecified atom stereocenters. The minimum atomic E-state index is -0.0993. The van der Waals surface area contributed by atoms with Crippen LogP contribution in [0.4, 0.5) is 5.13 Å². The number of rotatable bonds is 3. The summed E-state index contributed by atoms with van der Waals surface area (Å²) < 4.78 is 0. The maximum Gasteiger partial charge on any atom is 0.232 e. The van der Waals surface area contributed by atoms with Crippen molar-refractivity contribution in [3.8, 4) is 0 Å². The highest BCUT2D eigenvalue weighted by atomic mass is 32.1. The number of nitrogens with zero attached hydrogens (tertiary/aromatic N) is 2. The molecule has 0 spiro atoms. The van der Waals surface area contributed by atoms with E-state index in [9.17, 15) is 4.79 Å². The second kappa shape index (κ2) is 5.16. The van der Waals surface area contributed by atoms with Crippen LogP contribution in [0.2, 0.25) is 0 Å². The summed E-state index contributed by atoms with van der Waals surface area (Å²) in [5, 5.41) is 6.26. The number of hydrogen-bond donors (Lipinski definition) is 1. The van der Waals surface area contributed by atoms with E-state index in [2.05, 4.69) is 15.3 Å². The zero-order valence-electron chi connectivity index (χ0n) is 10.0. The van der Waals surface area contributed by atoms with Gasteiger partial charge in [-0.1, -0.05) is 24.3 Å². The SMILES string of the molecule is O=C(Cc1ccc2ccccc2n1)Nc1nccs1. The smallest absolute Gasteiger partial charge is 0.232 e. The molecule has 3 rings (SSSR count). The summed E-state index contributed by atoms with van der Waals surface area (Å²) in [7, 11) is 0. The van der Waals surface area contributed by atoms with Crippen LogP contribution < -0.4 is 5.32 Å². The van der Waals surface area contributed by atoms with E-state index in [0.717, 1.165) is 16.6 Å². The Morgan fingerprint density at radius 1 is 1.21 bits per heavy atom. The fourth-order valence-corrected chi connectivity index (χ4v) is 2.36. The molecule has 4 nitrogen and oxygen atoms in total. The predicted octanol–water partition coefficient (Wildman–Crippen LogP) is 2.87. The van der Waals surface area contributed by atoms with Gasteiger partial charge in [-0.15, -0.1) is 11.3 Å². The molecule has 5 heteroatoms. The Balaban J connectivity index is 1.75. The minimum absolute atomic E-state index is 0.0993. The topological polar surface area (TPSA) is 54.9 Å². The summed E-state index contributed by atoms with van der Waals surface area (Å²) in [5.41, 5.74) is 1.66. The number of amides is 1. The van der Waals surface area contributed by atoms with Gasteiger partial charge in [-0.3, -0.25) is 9.78 Å². The molecule has 0 fully saturated rings. The van der Waals surface area contributed by atoms with Gasteiger partial charge in [0.15, 0.2) is 5.13 Å². The molecule has 0 saturated heterocycles. The van der Waals surface area contributed by atoms with E-state index in [-0.39, 0.29) is 12.3 Å². The van der Waals surface area contributed by atoms with Gasteiger partial charge in [0, 0.05) is 17.0 Å². The van der Waals surface area contributed by atoms with E-state index in [1.165, 1.54) is 11.3 Å². The first-order valence-electron chi connectivity index (χ1n) is 5.85. The van der Waals surface area contributed by atoms with Crippen LogP contribution in [-0.4, -0.2) is 15.9 Å². The van der Waals surface area contributed by atoms with E-state index in [0.29, 0.717) is 5.13 Å². The molecule has 1 N–H and O–H groups in total. The molecule has 0 saturated carbocycles. The molecular weight excluding hydrogens is 258 g/mol. The highest BCUT2D eigenvalue weighted by Crippen LogP contribution is 2.13. The first-order valence-corrected chi connectivity index (χ1v) is 6.73. The second-order valence-electron chi connectivity index (χ2n) is 4.06. The summed E-state index contributed by atoms with van der Waals surface area (Å²) in [6.45, 7) is 0. The van der Waals surface area contributed by atoms with E-state index in [1.807, 2.05) is 41.8 Å². The van der Waals surface area contributed by atoms with Crippen molar-refractivity contribution in [1.82, 2.24) is 9.97 Å². The minimum Gasteiger partial charge on any atom is -0.302 e. The fraction of sp³-hybridized carbons (Fsp3) is 0.0714. The molecule has 2 heterocycles. The van der Waals surface area contributed by atoms with Crippen molar-refractivity contribution in [3.05, 3.63) is 53.7 Å². The summed E-state index contributed by atoms with van der Waals surface area (Å²) >= 11 is 1.40. The molecule has 1 aromatic carbocycles. The highest BCUT2D eigenvalue weighted by molar-refractivity contribution is 7.13. The molecule has 19 heavy (non-hydrogen) atoms. The van der Waals surface area contributed by atoms with Crippen LogP contribution >= 0.6 is 11.3 Å². The number of carbonyl (C=O) groups excluding carboxylic acids is 1. The molecule has 0 aliphatic rings. The molecule has 94 valence electrons. The first kappa shape index (κ1) is 11.8. The zero-order valence-corrected chi connectivity index (χ0v) is 10.9. The number of para-hydroxylation sites is 1. The quantitative estimate of drug-likeness (QED) is 0.795. The monoisotopic (exact) mass is 269 g/mol. The van der Waals surface area contributed by atoms with Crippen LogP contribution in [0.25, 0.3) is 10.9 Å². The van der Waals surface area contributed by atoms with Gasteiger partial charge >= 0.3 is 0 Å². The molecule has 0 atom stereocenters. The lowest BCUT2D eigenvalue weighted by Crippen LogP contribution is -2.14. The van der Waals surface area contributed by atoms with Crippen molar-refractivity contribution in [2.24, 2.45) is 0 Å². The molecule has 2 aromatic heterocycles. The number of pyridine rings is 1. The Morgan fingerprint density at radius 2 is 2.11 bits per heavy atom. The normalized spacial score (nSPS) is 10.5. The molecular formula is C14H11N3OS. The Morgan fingerprint density at radius 3 is 2.95 bits per heavy atom. The molecule has 3 aromatic rings. The summed E-state index contributed by atoms with van der Waals surface area (Å²) in [4.78, 5) is 20.3. The largest absolute Gasteiger partial charge is 0.302 e. The lowest BCUT2D eigenvalue weighted by Gasteiger charge is -2.03. The third-order valence-electron chi connectivity index (χ3n) is 2.68. The molecule has 0 radical (unpaired) electrons. The second-order valence-corrected chi connectivity index (χ2v) is 4.95. The van der Waals surface area contributed by atoms with Gasteiger partial charge in [-0.2, -0.15) is 0 Å². The Bertz CT molecular complexity index is 710. The highest BCUT2D eigenvalue weighted by Gasteiger charge is 2.07. The number of hydrogen-bond acceptors (Lipinski definition) is 4. The van der Waals surface area contributed by atoms with Crippen molar-refractivity contribution in [2.75, 3.05) is 5.32 Å². The first-order chi connectivity index (χ1) is 9.31. The van der Waals surface area contributed by atoms with Crippen molar-refractivity contribution < 1.29 is 4.79 Å². The van der Waals surface area contributed by atoms with Gasteiger partial charge in [0.2, 0.25) is 5.91 Å². The standard InChI is InChI=1S/C14H11N3OS/c18-13(17-14-15-7-8-19-14)9-11-6-5-10-3-1-2-4-12(10)16-11/h1-8H,9H2,(H,15,17,18). The summed E-state index contributed by atoms with van der Waals surface area (Å²) in [5.74, 6) is -0.0993. The van der Waals surface area contributed by atoms with Crippen LogP contribution in [0.3, 0.4) is 0 Å². The maximum absolute atomic E-state index is 11.8. The number of carbonyl (C=O) groups is 1. The van der Waals surface area contributed by atoms with Gasteiger partial charge < -0.3 is 5.32 Å². The number of aromatic nitrogens is 2. The van der Waals surface area contributed by atoms with Gasteiger partial charge in [0.05, 0.1) is 17.6 Å². The van der Waals surface area contributed by atoms with Crippen molar-refractivity contribution >= 4 is 33.3 Å². The Labute approximate surface area is 114 Å². The maximum atomic E-state index is 11.8.